The van der Waals surface area contributed by atoms with Gasteiger partial charge >= 0.3 is 0 Å². The standard InChI is InChI=1S/C6H9BrO2/c7-3-1-5-6(9-5)2-4(3)8/h3-6,8H,1-2H2/t3?,4?,5-,6+/m1/s1. The lowest BCUT2D eigenvalue weighted by atomic mass is 9.98. The molecule has 0 aromatic heterocycles. The summed E-state index contributed by atoms with van der Waals surface area (Å²) in [7, 11) is 0. The Balaban J connectivity index is 1.98. The van der Waals surface area contributed by atoms with Gasteiger partial charge in [0.1, 0.15) is 0 Å². The van der Waals surface area contributed by atoms with Gasteiger partial charge in [-0.1, -0.05) is 15.9 Å². The van der Waals surface area contributed by atoms with Crippen LogP contribution in [0.1, 0.15) is 12.8 Å². The molecular formula is C6H9BrO2. The number of halogens is 1. The summed E-state index contributed by atoms with van der Waals surface area (Å²) < 4.78 is 5.23. The molecule has 0 amide bonds. The Hall–Kier alpha value is 0.400. The molecule has 1 aliphatic heterocycles. The first-order valence-corrected chi connectivity index (χ1v) is 4.16. The Morgan fingerprint density at radius 3 is 2.67 bits per heavy atom. The molecule has 0 bridgehead atoms. The summed E-state index contributed by atoms with van der Waals surface area (Å²) in [6, 6.07) is 0. The van der Waals surface area contributed by atoms with Crippen LogP contribution in [0.4, 0.5) is 0 Å². The van der Waals surface area contributed by atoms with Crippen LogP contribution < -0.4 is 0 Å². The molecule has 1 saturated heterocycles. The third-order valence-corrected chi connectivity index (χ3v) is 3.02. The molecule has 2 rings (SSSR count). The Labute approximate surface area is 62.3 Å². The van der Waals surface area contributed by atoms with Gasteiger partial charge in [-0.25, -0.2) is 0 Å². The van der Waals surface area contributed by atoms with Crippen molar-refractivity contribution in [2.75, 3.05) is 0 Å². The van der Waals surface area contributed by atoms with E-state index < -0.39 is 0 Å². The van der Waals surface area contributed by atoms with Crippen molar-refractivity contribution in [2.24, 2.45) is 0 Å². The average Bonchev–Trinajstić information content (AvgIpc) is 2.46. The van der Waals surface area contributed by atoms with Crippen LogP contribution in [0.5, 0.6) is 0 Å². The van der Waals surface area contributed by atoms with Crippen molar-refractivity contribution >= 4 is 15.9 Å². The Morgan fingerprint density at radius 1 is 1.33 bits per heavy atom. The molecule has 2 unspecified atom stereocenters. The molecular weight excluding hydrogens is 184 g/mol. The number of alkyl halides is 1. The van der Waals surface area contributed by atoms with Gasteiger partial charge < -0.3 is 9.84 Å². The van der Waals surface area contributed by atoms with Gasteiger partial charge in [-0.05, 0) is 6.42 Å². The molecule has 1 saturated carbocycles. The molecule has 0 spiro atoms. The molecule has 0 aromatic rings. The van der Waals surface area contributed by atoms with Crippen molar-refractivity contribution in [3.05, 3.63) is 0 Å². The number of epoxide rings is 1. The molecule has 1 heterocycles. The third-order valence-electron chi connectivity index (χ3n) is 2.04. The first-order chi connectivity index (χ1) is 4.27. The lowest BCUT2D eigenvalue weighted by Crippen LogP contribution is -2.28. The minimum absolute atomic E-state index is 0.186. The highest BCUT2D eigenvalue weighted by Crippen LogP contribution is 2.39. The molecule has 2 aliphatic rings. The predicted molar refractivity (Wildman–Crippen MR) is 36.6 cm³/mol. The zero-order valence-electron chi connectivity index (χ0n) is 4.96. The van der Waals surface area contributed by atoms with E-state index in [1.165, 1.54) is 0 Å². The van der Waals surface area contributed by atoms with E-state index in [1.54, 1.807) is 0 Å². The highest BCUT2D eigenvalue weighted by molar-refractivity contribution is 9.09. The highest BCUT2D eigenvalue weighted by Gasteiger charge is 2.47. The second kappa shape index (κ2) is 1.94. The smallest absolute Gasteiger partial charge is 0.0867 e. The number of fused-ring (bicyclic) bond motifs is 1. The molecule has 1 aliphatic carbocycles. The van der Waals surface area contributed by atoms with E-state index in [4.69, 9.17) is 4.74 Å². The third kappa shape index (κ3) is 1.02. The van der Waals surface area contributed by atoms with Crippen molar-refractivity contribution in [2.45, 2.75) is 36.0 Å². The summed E-state index contributed by atoms with van der Waals surface area (Å²) in [5.41, 5.74) is 0. The number of hydrogen-bond acceptors (Lipinski definition) is 2. The summed E-state index contributed by atoms with van der Waals surface area (Å²) in [6.45, 7) is 0. The number of rotatable bonds is 0. The van der Waals surface area contributed by atoms with Gasteiger partial charge in [0, 0.05) is 11.2 Å². The van der Waals surface area contributed by atoms with Crippen LogP contribution in [0.3, 0.4) is 0 Å². The topological polar surface area (TPSA) is 32.8 Å². The fraction of sp³-hybridized carbons (Fsp3) is 1.00. The van der Waals surface area contributed by atoms with Crippen LogP contribution in [-0.2, 0) is 4.74 Å². The zero-order chi connectivity index (χ0) is 6.43. The maximum Gasteiger partial charge on any atom is 0.0867 e. The summed E-state index contributed by atoms with van der Waals surface area (Å²) >= 11 is 3.39. The highest BCUT2D eigenvalue weighted by atomic mass is 79.9. The summed E-state index contributed by atoms with van der Waals surface area (Å²) in [4.78, 5) is 0.265. The van der Waals surface area contributed by atoms with Crippen LogP contribution in [0.15, 0.2) is 0 Å². The van der Waals surface area contributed by atoms with E-state index in [0.717, 1.165) is 12.8 Å². The van der Waals surface area contributed by atoms with E-state index in [2.05, 4.69) is 15.9 Å². The van der Waals surface area contributed by atoms with E-state index in [1.807, 2.05) is 0 Å². The Bertz CT molecular complexity index is 114. The molecule has 52 valence electrons. The minimum atomic E-state index is -0.186. The minimum Gasteiger partial charge on any atom is -0.392 e. The Morgan fingerprint density at radius 2 is 2.00 bits per heavy atom. The fourth-order valence-corrected chi connectivity index (χ4v) is 1.94. The maximum absolute atomic E-state index is 9.25. The van der Waals surface area contributed by atoms with Crippen molar-refractivity contribution < 1.29 is 9.84 Å². The molecule has 2 nitrogen and oxygen atoms in total. The monoisotopic (exact) mass is 192 g/mol. The van der Waals surface area contributed by atoms with Gasteiger partial charge in [-0.15, -0.1) is 0 Å². The Kier molecular flexibility index (Phi) is 1.32. The lowest BCUT2D eigenvalue weighted by molar-refractivity contribution is 0.147. The van der Waals surface area contributed by atoms with Crippen LogP contribution in [0, 0.1) is 0 Å². The molecule has 4 atom stereocenters. The largest absolute Gasteiger partial charge is 0.392 e. The van der Waals surface area contributed by atoms with Gasteiger partial charge in [-0.3, -0.25) is 0 Å². The number of ether oxygens (including phenoxy) is 1. The van der Waals surface area contributed by atoms with Gasteiger partial charge in [0.25, 0.3) is 0 Å². The van der Waals surface area contributed by atoms with E-state index in [-0.39, 0.29) is 10.9 Å². The van der Waals surface area contributed by atoms with E-state index in [9.17, 15) is 5.11 Å². The van der Waals surface area contributed by atoms with Crippen LogP contribution in [-0.4, -0.2) is 28.2 Å². The van der Waals surface area contributed by atoms with Gasteiger partial charge in [-0.2, -0.15) is 0 Å². The van der Waals surface area contributed by atoms with Gasteiger partial charge in [0.05, 0.1) is 18.3 Å². The summed E-state index contributed by atoms with van der Waals surface area (Å²) in [6.07, 6.45) is 2.45. The summed E-state index contributed by atoms with van der Waals surface area (Å²) in [5.74, 6) is 0. The molecule has 1 N–H and O–H groups in total. The average molecular weight is 193 g/mol. The van der Waals surface area contributed by atoms with Crippen LogP contribution >= 0.6 is 15.9 Å². The molecule has 0 aromatic carbocycles. The van der Waals surface area contributed by atoms with Crippen LogP contribution in [0.25, 0.3) is 0 Å². The van der Waals surface area contributed by atoms with E-state index >= 15 is 0 Å². The van der Waals surface area contributed by atoms with Gasteiger partial charge in [0.15, 0.2) is 0 Å². The second-order valence-corrected chi connectivity index (χ2v) is 3.94. The molecule has 2 fully saturated rings. The number of aliphatic hydroxyl groups is 1. The molecule has 3 heteroatoms. The van der Waals surface area contributed by atoms with Gasteiger partial charge in [0.2, 0.25) is 0 Å². The normalized spacial score (nSPS) is 56.7. The van der Waals surface area contributed by atoms with Crippen molar-refractivity contribution in [1.82, 2.24) is 0 Å². The van der Waals surface area contributed by atoms with Crippen molar-refractivity contribution in [1.29, 1.82) is 0 Å². The van der Waals surface area contributed by atoms with Crippen molar-refractivity contribution in [3.8, 4) is 0 Å². The SMILES string of the molecule is OC1C[C@@H]2O[C@@H]2CC1Br. The number of aliphatic hydroxyl groups excluding tert-OH is 1. The van der Waals surface area contributed by atoms with Crippen molar-refractivity contribution in [3.63, 3.8) is 0 Å². The zero-order valence-corrected chi connectivity index (χ0v) is 6.54. The maximum atomic E-state index is 9.25. The lowest BCUT2D eigenvalue weighted by Gasteiger charge is -2.18. The summed E-state index contributed by atoms with van der Waals surface area (Å²) in [5, 5.41) is 9.25. The first kappa shape index (κ1) is 6.13. The quantitative estimate of drug-likeness (QED) is 0.453. The fourth-order valence-electron chi connectivity index (χ4n) is 1.36. The predicted octanol–water partition coefficient (Wildman–Crippen LogP) is 0.672. The van der Waals surface area contributed by atoms with E-state index in [0.29, 0.717) is 12.2 Å². The molecule has 0 radical (unpaired) electrons. The second-order valence-electron chi connectivity index (χ2n) is 2.77. The first-order valence-electron chi connectivity index (χ1n) is 3.25. The number of hydrogen-bond donors (Lipinski definition) is 1. The molecule has 9 heavy (non-hydrogen) atoms. The van der Waals surface area contributed by atoms with Crippen LogP contribution in [0.2, 0.25) is 0 Å².